The number of ether oxygens (including phenoxy) is 7. The Balaban J connectivity index is 1.39. The summed E-state index contributed by atoms with van der Waals surface area (Å²) in [6.07, 6.45) is 7.40. The monoisotopic (exact) mass is 624 g/mol. The molecule has 8 nitrogen and oxygen atoms in total. The number of benzene rings is 2. The molecule has 2 aromatic rings. The third-order valence-corrected chi connectivity index (χ3v) is 9.61. The van der Waals surface area contributed by atoms with Crippen LogP contribution in [-0.2, 0) is 35.9 Å². The zero-order valence-corrected chi connectivity index (χ0v) is 27.4. The average molecular weight is 625 g/mol. The summed E-state index contributed by atoms with van der Waals surface area (Å²) < 4.78 is 45.3. The molecule has 2 bridgehead atoms. The fourth-order valence-corrected chi connectivity index (χ4v) is 6.90. The first-order valence-electron chi connectivity index (χ1n) is 17.4. The second-order valence-corrected chi connectivity index (χ2v) is 13.1. The van der Waals surface area contributed by atoms with Crippen molar-refractivity contribution in [2.75, 3.05) is 46.2 Å². The molecule has 4 aliphatic rings. The summed E-state index contributed by atoms with van der Waals surface area (Å²) in [6.45, 7) is 9.26. The lowest BCUT2D eigenvalue weighted by Crippen LogP contribution is -2.67. The van der Waals surface area contributed by atoms with Gasteiger partial charge in [-0.25, -0.2) is 0 Å². The highest BCUT2D eigenvalue weighted by Gasteiger charge is 2.69. The Bertz CT molecular complexity index is 1260. The Labute approximate surface area is 268 Å². The van der Waals surface area contributed by atoms with E-state index >= 15 is 0 Å². The molecule has 0 amide bonds. The molecule has 248 valence electrons. The molecule has 0 radical (unpaired) electrons. The first kappa shape index (κ1) is 32.7. The summed E-state index contributed by atoms with van der Waals surface area (Å²) in [6, 6.07) is 12.9. The normalized spacial score (nSPS) is 28.8. The van der Waals surface area contributed by atoms with Crippen molar-refractivity contribution in [3.05, 3.63) is 58.7 Å². The number of hydrogen-bond donors (Lipinski definition) is 1. The molecule has 2 aromatic carbocycles. The van der Waals surface area contributed by atoms with Crippen LogP contribution in [0, 0.1) is 0 Å². The van der Waals surface area contributed by atoms with Crippen molar-refractivity contribution in [3.8, 4) is 11.5 Å². The SMILES string of the molecule is CCCCO[C@@H]1[C@@H](OCCCC)[C@@]2(c3ccc(C4CC4)c(Cc4ccc5c(c4)OCCO5)c3)OC[C@](CO)(O2)[C@H]1OCCCC. The number of hydrogen-bond acceptors (Lipinski definition) is 8. The minimum Gasteiger partial charge on any atom is -0.486 e. The highest BCUT2D eigenvalue weighted by Crippen LogP contribution is 2.53. The molecule has 0 aromatic heterocycles. The predicted molar refractivity (Wildman–Crippen MR) is 171 cm³/mol. The molecule has 0 unspecified atom stereocenters. The number of rotatable bonds is 17. The Morgan fingerprint density at radius 2 is 1.49 bits per heavy atom. The molecule has 45 heavy (non-hydrogen) atoms. The van der Waals surface area contributed by atoms with Crippen molar-refractivity contribution in [1.29, 1.82) is 0 Å². The van der Waals surface area contributed by atoms with E-state index in [1.807, 2.05) is 6.07 Å². The average Bonchev–Trinajstić information content (AvgIpc) is 3.85. The van der Waals surface area contributed by atoms with E-state index in [0.717, 1.165) is 62.0 Å². The molecule has 3 aliphatic heterocycles. The lowest BCUT2D eigenvalue weighted by Gasteiger charge is -2.50. The quantitative estimate of drug-likeness (QED) is 0.202. The number of aliphatic hydroxyl groups excluding tert-OH is 1. The van der Waals surface area contributed by atoms with Gasteiger partial charge in [0.05, 0.1) is 13.2 Å². The third-order valence-electron chi connectivity index (χ3n) is 9.61. The van der Waals surface area contributed by atoms with Gasteiger partial charge in [-0.3, -0.25) is 0 Å². The van der Waals surface area contributed by atoms with Gasteiger partial charge in [-0.05, 0) is 79.3 Å². The van der Waals surface area contributed by atoms with Gasteiger partial charge < -0.3 is 38.3 Å². The molecule has 2 saturated heterocycles. The van der Waals surface area contributed by atoms with Crippen molar-refractivity contribution >= 4 is 0 Å². The molecule has 3 fully saturated rings. The molecule has 1 saturated carbocycles. The molecule has 0 spiro atoms. The van der Waals surface area contributed by atoms with Crippen LogP contribution in [0.3, 0.4) is 0 Å². The Hall–Kier alpha value is -2.20. The number of aliphatic hydroxyl groups is 1. The topological polar surface area (TPSA) is 84.8 Å². The van der Waals surface area contributed by atoms with E-state index in [4.69, 9.17) is 33.2 Å². The summed E-state index contributed by atoms with van der Waals surface area (Å²) >= 11 is 0. The van der Waals surface area contributed by atoms with E-state index in [1.165, 1.54) is 29.5 Å². The Kier molecular flexibility index (Phi) is 10.7. The highest BCUT2D eigenvalue weighted by molar-refractivity contribution is 5.47. The zero-order chi connectivity index (χ0) is 31.3. The third kappa shape index (κ3) is 6.78. The molecular weight excluding hydrogens is 572 g/mol. The Morgan fingerprint density at radius 1 is 0.800 bits per heavy atom. The minimum atomic E-state index is -1.23. The smallest absolute Gasteiger partial charge is 0.225 e. The van der Waals surface area contributed by atoms with E-state index in [1.54, 1.807) is 0 Å². The number of fused-ring (bicyclic) bond motifs is 3. The van der Waals surface area contributed by atoms with Crippen LogP contribution < -0.4 is 9.47 Å². The van der Waals surface area contributed by atoms with Crippen LogP contribution in [-0.4, -0.2) is 75.3 Å². The minimum absolute atomic E-state index is 0.198. The van der Waals surface area contributed by atoms with Gasteiger partial charge in [-0.2, -0.15) is 0 Å². The van der Waals surface area contributed by atoms with Crippen molar-refractivity contribution in [2.24, 2.45) is 0 Å². The van der Waals surface area contributed by atoms with Gasteiger partial charge >= 0.3 is 0 Å². The zero-order valence-electron chi connectivity index (χ0n) is 27.4. The van der Waals surface area contributed by atoms with Crippen LogP contribution in [0.15, 0.2) is 36.4 Å². The summed E-state index contributed by atoms with van der Waals surface area (Å²) in [4.78, 5) is 0. The van der Waals surface area contributed by atoms with Gasteiger partial charge in [0.1, 0.15) is 37.1 Å². The van der Waals surface area contributed by atoms with E-state index in [2.05, 4.69) is 51.1 Å². The lowest BCUT2D eigenvalue weighted by atomic mass is 9.82. The summed E-state index contributed by atoms with van der Waals surface area (Å²) in [5.41, 5.74) is 3.62. The van der Waals surface area contributed by atoms with Gasteiger partial charge in [-0.1, -0.05) is 58.2 Å². The first-order valence-corrected chi connectivity index (χ1v) is 17.4. The molecule has 1 aliphatic carbocycles. The van der Waals surface area contributed by atoms with Gasteiger partial charge in [0.25, 0.3) is 0 Å². The van der Waals surface area contributed by atoms with Crippen LogP contribution in [0.4, 0.5) is 0 Å². The van der Waals surface area contributed by atoms with E-state index in [0.29, 0.717) is 39.0 Å². The number of unbranched alkanes of at least 4 members (excludes halogenated alkanes) is 3. The molecule has 8 heteroatoms. The largest absolute Gasteiger partial charge is 0.486 e. The van der Waals surface area contributed by atoms with Crippen molar-refractivity contribution in [3.63, 3.8) is 0 Å². The van der Waals surface area contributed by atoms with Gasteiger partial charge in [0, 0.05) is 25.4 Å². The first-order chi connectivity index (χ1) is 22.1. The van der Waals surface area contributed by atoms with Crippen LogP contribution >= 0.6 is 0 Å². The maximum Gasteiger partial charge on any atom is 0.225 e. The van der Waals surface area contributed by atoms with Crippen molar-refractivity contribution in [2.45, 2.75) is 114 Å². The van der Waals surface area contributed by atoms with Crippen LogP contribution in [0.2, 0.25) is 0 Å². The van der Waals surface area contributed by atoms with Crippen LogP contribution in [0.1, 0.15) is 100 Å². The highest BCUT2D eigenvalue weighted by atomic mass is 16.8. The van der Waals surface area contributed by atoms with Gasteiger partial charge in [0.2, 0.25) is 5.79 Å². The summed E-state index contributed by atoms with van der Waals surface area (Å²) in [5, 5.41) is 10.9. The second-order valence-electron chi connectivity index (χ2n) is 13.1. The van der Waals surface area contributed by atoms with Crippen LogP contribution in [0.5, 0.6) is 11.5 Å². The maximum atomic E-state index is 10.9. The maximum absolute atomic E-state index is 10.9. The fourth-order valence-electron chi connectivity index (χ4n) is 6.90. The summed E-state index contributed by atoms with van der Waals surface area (Å²) in [5.74, 6) is 0.929. The molecule has 5 atom stereocenters. The van der Waals surface area contributed by atoms with Crippen molar-refractivity contribution < 1.29 is 38.3 Å². The predicted octanol–water partition coefficient (Wildman–Crippen LogP) is 6.43. The van der Waals surface area contributed by atoms with Gasteiger partial charge in [-0.15, -0.1) is 0 Å². The van der Waals surface area contributed by atoms with E-state index in [9.17, 15) is 5.11 Å². The molecule has 6 rings (SSSR count). The molecule has 3 heterocycles. The lowest BCUT2D eigenvalue weighted by molar-refractivity contribution is -0.349. The van der Waals surface area contributed by atoms with Crippen molar-refractivity contribution in [1.82, 2.24) is 0 Å². The molecule has 1 N–H and O–H groups in total. The van der Waals surface area contributed by atoms with Crippen LogP contribution in [0.25, 0.3) is 0 Å². The van der Waals surface area contributed by atoms with E-state index < -0.39 is 29.7 Å². The van der Waals surface area contributed by atoms with Gasteiger partial charge in [0.15, 0.2) is 11.5 Å². The molecular formula is C37H52O8. The fraction of sp³-hybridized carbons (Fsp3) is 0.676. The van der Waals surface area contributed by atoms with E-state index in [-0.39, 0.29) is 13.2 Å². The Morgan fingerprint density at radius 3 is 2.18 bits per heavy atom. The summed E-state index contributed by atoms with van der Waals surface area (Å²) in [7, 11) is 0. The second kappa shape index (κ2) is 14.7. The standard InChI is InChI=1S/C37H52O8/c1-4-7-16-41-33-34(42-17-8-5-2)36(24-38)25-44-37(45-36,35(33)43-18-9-6-3)29-13-14-30(27-11-12-27)28(23-29)21-26-10-15-31-32(22-26)40-20-19-39-31/h10,13-15,22-23,27,33-35,38H,4-9,11-12,16-21,24-25H2,1-3H3/t33-,34-,35+,36-,37-/m0/s1.